The van der Waals surface area contributed by atoms with E-state index in [-0.39, 0.29) is 11.9 Å². The van der Waals surface area contributed by atoms with Crippen molar-refractivity contribution in [1.82, 2.24) is 14.9 Å². The van der Waals surface area contributed by atoms with Gasteiger partial charge in [-0.15, -0.1) is 0 Å². The number of imidazole rings is 1. The molecular formula is C14H19N3O3. The normalized spacial score (nSPS) is 12.2. The smallest absolute Gasteiger partial charge is 0.242 e. The minimum Gasteiger partial charge on any atom is -0.467 e. The van der Waals surface area contributed by atoms with Gasteiger partial charge in [0.15, 0.2) is 0 Å². The van der Waals surface area contributed by atoms with Gasteiger partial charge in [0.25, 0.3) is 0 Å². The van der Waals surface area contributed by atoms with Crippen LogP contribution in [0.25, 0.3) is 0 Å². The number of hydrogen-bond donors (Lipinski definition) is 1. The van der Waals surface area contributed by atoms with Crippen LogP contribution >= 0.6 is 0 Å². The summed E-state index contributed by atoms with van der Waals surface area (Å²) in [7, 11) is 0. The molecule has 0 aromatic carbocycles. The number of rotatable bonds is 8. The highest BCUT2D eigenvalue weighted by molar-refractivity contribution is 5.79. The van der Waals surface area contributed by atoms with E-state index in [1.807, 2.05) is 19.1 Å². The molecule has 108 valence electrons. The van der Waals surface area contributed by atoms with Crippen LogP contribution in [0, 0.1) is 0 Å². The molecule has 0 saturated carbocycles. The van der Waals surface area contributed by atoms with Crippen LogP contribution in [0.2, 0.25) is 0 Å². The topological polar surface area (TPSA) is 69.3 Å². The molecule has 2 aromatic heterocycles. The molecule has 1 amide bonds. The van der Waals surface area contributed by atoms with E-state index in [1.165, 1.54) is 0 Å². The second-order valence-corrected chi connectivity index (χ2v) is 4.46. The van der Waals surface area contributed by atoms with Gasteiger partial charge in [-0.25, -0.2) is 4.98 Å². The maximum atomic E-state index is 11.8. The third-order valence-electron chi connectivity index (χ3n) is 2.94. The summed E-state index contributed by atoms with van der Waals surface area (Å²) >= 11 is 0. The predicted molar refractivity (Wildman–Crippen MR) is 72.9 cm³/mol. The third-order valence-corrected chi connectivity index (χ3v) is 2.94. The highest BCUT2D eigenvalue weighted by Gasteiger charge is 2.12. The Kier molecular flexibility index (Phi) is 5.37. The zero-order valence-corrected chi connectivity index (χ0v) is 11.5. The summed E-state index contributed by atoms with van der Waals surface area (Å²) in [6.07, 6.45) is 7.46. The molecule has 1 unspecified atom stereocenters. The molecule has 1 atom stereocenters. The van der Waals surface area contributed by atoms with Crippen LogP contribution in [0.3, 0.4) is 0 Å². The number of hydrogen-bond acceptors (Lipinski definition) is 4. The molecule has 0 aliphatic carbocycles. The number of ether oxygens (including phenoxy) is 1. The summed E-state index contributed by atoms with van der Waals surface area (Å²) in [4.78, 5) is 15.8. The first-order valence-electron chi connectivity index (χ1n) is 6.62. The van der Waals surface area contributed by atoms with Crippen molar-refractivity contribution in [3.63, 3.8) is 0 Å². The van der Waals surface area contributed by atoms with Crippen molar-refractivity contribution in [2.45, 2.75) is 26.0 Å². The number of carbonyl (C=O) groups excluding carboxylic acids is 1. The van der Waals surface area contributed by atoms with Gasteiger partial charge in [0, 0.05) is 25.5 Å². The van der Waals surface area contributed by atoms with Gasteiger partial charge in [0.2, 0.25) is 5.91 Å². The molecule has 6 heteroatoms. The summed E-state index contributed by atoms with van der Waals surface area (Å²) in [5.41, 5.74) is 0. The van der Waals surface area contributed by atoms with Crippen molar-refractivity contribution in [2.75, 3.05) is 13.2 Å². The van der Waals surface area contributed by atoms with E-state index in [4.69, 9.17) is 9.15 Å². The molecule has 2 heterocycles. The SMILES string of the molecule is CC(C(=O)NCCCOCc1ccco1)n1ccnc1. The molecule has 2 rings (SSSR count). The van der Waals surface area contributed by atoms with Crippen LogP contribution in [-0.4, -0.2) is 28.6 Å². The fourth-order valence-electron chi connectivity index (χ4n) is 1.73. The molecule has 0 radical (unpaired) electrons. The van der Waals surface area contributed by atoms with Crippen LogP contribution < -0.4 is 5.32 Å². The van der Waals surface area contributed by atoms with E-state index in [9.17, 15) is 4.79 Å². The molecule has 0 spiro atoms. The van der Waals surface area contributed by atoms with Gasteiger partial charge < -0.3 is 19.0 Å². The van der Waals surface area contributed by atoms with Gasteiger partial charge >= 0.3 is 0 Å². The van der Waals surface area contributed by atoms with E-state index >= 15 is 0 Å². The Hall–Kier alpha value is -2.08. The highest BCUT2D eigenvalue weighted by Crippen LogP contribution is 2.04. The number of nitrogens with zero attached hydrogens (tertiary/aromatic N) is 2. The van der Waals surface area contributed by atoms with Crippen molar-refractivity contribution in [2.24, 2.45) is 0 Å². The average Bonchev–Trinajstić information content (AvgIpc) is 3.13. The molecule has 0 aliphatic rings. The van der Waals surface area contributed by atoms with E-state index in [2.05, 4.69) is 10.3 Å². The Bertz CT molecular complexity index is 494. The summed E-state index contributed by atoms with van der Waals surface area (Å²) in [6.45, 7) is 3.48. The van der Waals surface area contributed by atoms with Crippen molar-refractivity contribution < 1.29 is 13.9 Å². The fourth-order valence-corrected chi connectivity index (χ4v) is 1.73. The summed E-state index contributed by atoms with van der Waals surface area (Å²) in [5.74, 6) is 0.789. The lowest BCUT2D eigenvalue weighted by Crippen LogP contribution is -2.31. The molecule has 0 aliphatic heterocycles. The number of aromatic nitrogens is 2. The number of carbonyl (C=O) groups is 1. The van der Waals surface area contributed by atoms with Crippen molar-refractivity contribution in [1.29, 1.82) is 0 Å². The zero-order valence-electron chi connectivity index (χ0n) is 11.5. The molecule has 20 heavy (non-hydrogen) atoms. The van der Waals surface area contributed by atoms with Gasteiger partial charge in [0.05, 0.1) is 12.6 Å². The Morgan fingerprint density at radius 3 is 3.20 bits per heavy atom. The van der Waals surface area contributed by atoms with Crippen LogP contribution in [0.4, 0.5) is 0 Å². The quantitative estimate of drug-likeness (QED) is 0.746. The summed E-state index contributed by atoms with van der Waals surface area (Å²) < 4.78 is 12.3. The lowest BCUT2D eigenvalue weighted by molar-refractivity contribution is -0.123. The maximum Gasteiger partial charge on any atom is 0.242 e. The minimum atomic E-state index is -0.249. The average molecular weight is 277 g/mol. The van der Waals surface area contributed by atoms with E-state index < -0.39 is 0 Å². The zero-order chi connectivity index (χ0) is 14.2. The molecule has 0 saturated heterocycles. The molecule has 1 N–H and O–H groups in total. The molecule has 6 nitrogen and oxygen atoms in total. The highest BCUT2D eigenvalue weighted by atomic mass is 16.5. The first-order chi connectivity index (χ1) is 9.77. The molecular weight excluding hydrogens is 258 g/mol. The number of amides is 1. The van der Waals surface area contributed by atoms with Gasteiger partial charge in [0.1, 0.15) is 18.4 Å². The standard InChI is InChI=1S/C14H19N3O3/c1-12(17-7-6-15-11-17)14(18)16-5-3-8-19-10-13-4-2-9-20-13/h2,4,6-7,9,11-12H,3,5,8,10H2,1H3,(H,16,18). The Morgan fingerprint density at radius 2 is 2.50 bits per heavy atom. The lowest BCUT2D eigenvalue weighted by Gasteiger charge is -2.13. The third kappa shape index (κ3) is 4.24. The van der Waals surface area contributed by atoms with Gasteiger partial charge in [-0.3, -0.25) is 4.79 Å². The first-order valence-corrected chi connectivity index (χ1v) is 6.62. The van der Waals surface area contributed by atoms with Crippen LogP contribution in [-0.2, 0) is 16.1 Å². The van der Waals surface area contributed by atoms with Gasteiger partial charge in [-0.2, -0.15) is 0 Å². The van der Waals surface area contributed by atoms with Crippen molar-refractivity contribution in [3.05, 3.63) is 42.9 Å². The second kappa shape index (κ2) is 7.49. The van der Waals surface area contributed by atoms with E-state index in [0.717, 1.165) is 12.2 Å². The second-order valence-electron chi connectivity index (χ2n) is 4.46. The largest absolute Gasteiger partial charge is 0.467 e. The van der Waals surface area contributed by atoms with E-state index in [1.54, 1.807) is 29.6 Å². The molecule has 0 bridgehead atoms. The first kappa shape index (κ1) is 14.3. The summed E-state index contributed by atoms with van der Waals surface area (Å²) in [6, 6.07) is 3.45. The number of nitrogens with one attached hydrogen (secondary N) is 1. The van der Waals surface area contributed by atoms with Crippen molar-refractivity contribution >= 4 is 5.91 Å². The fraction of sp³-hybridized carbons (Fsp3) is 0.429. The monoisotopic (exact) mass is 277 g/mol. The molecule has 0 fully saturated rings. The maximum absolute atomic E-state index is 11.8. The minimum absolute atomic E-state index is 0.0194. The lowest BCUT2D eigenvalue weighted by atomic mass is 10.3. The molecule has 2 aromatic rings. The van der Waals surface area contributed by atoms with E-state index in [0.29, 0.717) is 19.8 Å². The van der Waals surface area contributed by atoms with Crippen LogP contribution in [0.5, 0.6) is 0 Å². The van der Waals surface area contributed by atoms with Crippen LogP contribution in [0.1, 0.15) is 25.1 Å². The summed E-state index contributed by atoms with van der Waals surface area (Å²) in [5, 5.41) is 2.87. The Morgan fingerprint density at radius 1 is 1.60 bits per heavy atom. The predicted octanol–water partition coefficient (Wildman–Crippen LogP) is 1.76. The Labute approximate surface area is 117 Å². The van der Waals surface area contributed by atoms with Gasteiger partial charge in [-0.1, -0.05) is 0 Å². The van der Waals surface area contributed by atoms with Crippen LogP contribution in [0.15, 0.2) is 41.5 Å². The van der Waals surface area contributed by atoms with Crippen molar-refractivity contribution in [3.8, 4) is 0 Å². The number of furan rings is 1. The Balaban J connectivity index is 1.55. The van der Waals surface area contributed by atoms with Gasteiger partial charge in [-0.05, 0) is 25.5 Å².